The van der Waals surface area contributed by atoms with Crippen LogP contribution in [-0.4, -0.2) is 17.1 Å². The molecule has 0 bridgehead atoms. The van der Waals surface area contributed by atoms with Crippen molar-refractivity contribution < 1.29 is 22.4 Å². The molecule has 1 aliphatic carbocycles. The number of pyridine rings is 1. The smallest absolute Gasteiger partial charge is 0.324 e. The van der Waals surface area contributed by atoms with E-state index >= 15 is 0 Å². The molecule has 1 fully saturated rings. The highest BCUT2D eigenvalue weighted by Gasteiger charge is 2.35. The molecule has 2 aromatic rings. The minimum atomic E-state index is -4.46. The van der Waals surface area contributed by atoms with Gasteiger partial charge in [-0.2, -0.15) is 13.2 Å². The predicted octanol–water partition coefficient (Wildman–Crippen LogP) is 4.68. The number of para-hydroxylation sites is 1. The third-order valence-corrected chi connectivity index (χ3v) is 4.01. The van der Waals surface area contributed by atoms with Crippen LogP contribution < -0.4 is 5.32 Å². The molecule has 1 aliphatic rings. The number of anilines is 1. The van der Waals surface area contributed by atoms with Crippen molar-refractivity contribution in [2.75, 3.05) is 5.32 Å². The van der Waals surface area contributed by atoms with Crippen LogP contribution >= 0.6 is 0 Å². The number of hydrogen-bond donors (Lipinski definition) is 1. The van der Waals surface area contributed by atoms with Crippen LogP contribution in [0.2, 0.25) is 0 Å². The Bertz CT molecular complexity index is 878. The van der Waals surface area contributed by atoms with E-state index in [0.29, 0.717) is 5.39 Å². The summed E-state index contributed by atoms with van der Waals surface area (Å²) in [5.74, 6) is 3.24. The molecule has 1 saturated carbocycles. The van der Waals surface area contributed by atoms with Crippen LogP contribution in [0, 0.1) is 29.5 Å². The molecular weight excluding hydrogens is 348 g/mol. The van der Waals surface area contributed by atoms with Gasteiger partial charge in [0, 0.05) is 17.7 Å². The Kier molecular flexibility index (Phi) is 5.12. The van der Waals surface area contributed by atoms with Crippen LogP contribution in [0.25, 0.3) is 10.9 Å². The third-order valence-electron chi connectivity index (χ3n) is 4.01. The van der Waals surface area contributed by atoms with E-state index in [1.807, 2.05) is 0 Å². The van der Waals surface area contributed by atoms with Gasteiger partial charge in [0.15, 0.2) is 0 Å². The number of aromatic nitrogens is 1. The lowest BCUT2D eigenvalue weighted by molar-refractivity contribution is -0.151. The zero-order valence-corrected chi connectivity index (χ0v) is 13.7. The number of amides is 1. The van der Waals surface area contributed by atoms with E-state index in [4.69, 9.17) is 0 Å². The Morgan fingerprint density at radius 3 is 2.81 bits per heavy atom. The maximum absolute atomic E-state index is 13.6. The average molecular weight is 364 g/mol. The van der Waals surface area contributed by atoms with Crippen LogP contribution in [0.3, 0.4) is 0 Å². The molecule has 0 aliphatic heterocycles. The lowest BCUT2D eigenvalue weighted by atomic mass is 10.00. The first-order valence-electron chi connectivity index (χ1n) is 8.22. The molecule has 26 heavy (non-hydrogen) atoms. The first-order chi connectivity index (χ1) is 12.3. The molecule has 1 unspecified atom stereocenters. The number of hydrogen-bond acceptors (Lipinski definition) is 2. The van der Waals surface area contributed by atoms with Gasteiger partial charge in [-0.05, 0) is 25.0 Å². The molecule has 3 rings (SSSR count). The average Bonchev–Trinajstić information content (AvgIpc) is 3.37. The van der Waals surface area contributed by atoms with Gasteiger partial charge in [-0.1, -0.05) is 18.1 Å². The predicted molar refractivity (Wildman–Crippen MR) is 89.6 cm³/mol. The number of benzene rings is 1. The summed E-state index contributed by atoms with van der Waals surface area (Å²) in [6.07, 6.45) is -2.71. The van der Waals surface area contributed by atoms with Gasteiger partial charge in [0.25, 0.3) is 0 Å². The van der Waals surface area contributed by atoms with Crippen LogP contribution in [-0.2, 0) is 4.79 Å². The van der Waals surface area contributed by atoms with E-state index in [-0.39, 0.29) is 23.5 Å². The van der Waals surface area contributed by atoms with Crippen molar-refractivity contribution in [1.82, 2.24) is 4.98 Å². The number of fused-ring (bicyclic) bond motifs is 1. The number of carbonyl (C=O) groups is 1. The van der Waals surface area contributed by atoms with E-state index < -0.39 is 30.2 Å². The molecule has 1 N–H and O–H groups in total. The number of rotatable bonds is 4. The van der Waals surface area contributed by atoms with Crippen LogP contribution in [0.5, 0.6) is 0 Å². The molecule has 1 aromatic carbocycles. The van der Waals surface area contributed by atoms with Gasteiger partial charge in [-0.15, -0.1) is 5.92 Å². The standard InChI is InChI=1S/C19H16F4N2O/c20-16-6-2-4-13-9-15(11-24-17(13)16)25-18(26)14(10-19(21,22)23)5-1-3-12-7-8-12/h2,4,6,9,11-12,14H,5,7-8,10H2,(H,25,26). The topological polar surface area (TPSA) is 42.0 Å². The largest absolute Gasteiger partial charge is 0.389 e. The first kappa shape index (κ1) is 18.2. The minimum absolute atomic E-state index is 0.132. The van der Waals surface area contributed by atoms with Crippen LogP contribution in [0.1, 0.15) is 25.7 Å². The molecule has 1 heterocycles. The van der Waals surface area contributed by atoms with E-state index in [0.717, 1.165) is 12.8 Å². The van der Waals surface area contributed by atoms with Gasteiger partial charge in [-0.3, -0.25) is 9.78 Å². The Balaban J connectivity index is 1.74. The summed E-state index contributed by atoms with van der Waals surface area (Å²) in [7, 11) is 0. The highest BCUT2D eigenvalue weighted by atomic mass is 19.4. The molecule has 1 atom stereocenters. The van der Waals surface area contributed by atoms with Gasteiger partial charge >= 0.3 is 6.18 Å². The molecule has 0 spiro atoms. The van der Waals surface area contributed by atoms with Crippen molar-refractivity contribution in [2.45, 2.75) is 31.9 Å². The maximum atomic E-state index is 13.6. The Hall–Kier alpha value is -2.62. The lowest BCUT2D eigenvalue weighted by Crippen LogP contribution is -2.27. The molecule has 7 heteroatoms. The summed E-state index contributed by atoms with van der Waals surface area (Å²) in [6, 6.07) is 5.83. The summed E-state index contributed by atoms with van der Waals surface area (Å²) in [6.45, 7) is 0. The fraction of sp³-hybridized carbons (Fsp3) is 0.368. The van der Waals surface area contributed by atoms with Crippen molar-refractivity contribution in [3.63, 3.8) is 0 Å². The molecule has 1 aromatic heterocycles. The minimum Gasteiger partial charge on any atom is -0.324 e. The van der Waals surface area contributed by atoms with Crippen molar-refractivity contribution in [3.05, 3.63) is 36.3 Å². The number of halogens is 4. The molecule has 136 valence electrons. The zero-order chi connectivity index (χ0) is 18.7. The second kappa shape index (κ2) is 7.32. The number of alkyl halides is 3. The highest BCUT2D eigenvalue weighted by Crippen LogP contribution is 2.30. The van der Waals surface area contributed by atoms with Crippen molar-refractivity contribution in [1.29, 1.82) is 0 Å². The fourth-order valence-corrected chi connectivity index (χ4v) is 2.53. The van der Waals surface area contributed by atoms with Crippen LogP contribution in [0.4, 0.5) is 23.2 Å². The lowest BCUT2D eigenvalue weighted by Gasteiger charge is -2.16. The Morgan fingerprint density at radius 2 is 2.12 bits per heavy atom. The second-order valence-electron chi connectivity index (χ2n) is 6.34. The molecule has 0 saturated heterocycles. The van der Waals surface area contributed by atoms with Gasteiger partial charge in [0.05, 0.1) is 24.2 Å². The van der Waals surface area contributed by atoms with E-state index in [1.165, 1.54) is 24.4 Å². The quantitative estimate of drug-likeness (QED) is 0.632. The summed E-state index contributed by atoms with van der Waals surface area (Å²) < 4.78 is 51.9. The second-order valence-corrected chi connectivity index (χ2v) is 6.34. The fourth-order valence-electron chi connectivity index (χ4n) is 2.53. The monoisotopic (exact) mass is 364 g/mol. The highest BCUT2D eigenvalue weighted by molar-refractivity contribution is 5.94. The first-order valence-corrected chi connectivity index (χ1v) is 8.22. The summed E-state index contributed by atoms with van der Waals surface area (Å²) in [5, 5.41) is 2.89. The molecule has 1 amide bonds. The van der Waals surface area contributed by atoms with E-state index in [9.17, 15) is 22.4 Å². The Labute approximate surface area is 147 Å². The van der Waals surface area contributed by atoms with Gasteiger partial charge in [-0.25, -0.2) is 4.39 Å². The van der Waals surface area contributed by atoms with Gasteiger partial charge in [0.2, 0.25) is 5.91 Å². The number of nitrogens with zero attached hydrogens (tertiary/aromatic N) is 1. The van der Waals surface area contributed by atoms with E-state index in [1.54, 1.807) is 6.07 Å². The summed E-state index contributed by atoms with van der Waals surface area (Å²) in [5.41, 5.74) is 0.350. The van der Waals surface area contributed by atoms with Crippen molar-refractivity contribution in [2.24, 2.45) is 11.8 Å². The molecule has 0 radical (unpaired) electrons. The molecular formula is C19H16F4N2O. The zero-order valence-electron chi connectivity index (χ0n) is 13.7. The van der Waals surface area contributed by atoms with Crippen molar-refractivity contribution in [3.8, 4) is 11.8 Å². The number of nitrogens with one attached hydrogen (secondary N) is 1. The van der Waals surface area contributed by atoms with Crippen LogP contribution in [0.15, 0.2) is 30.5 Å². The maximum Gasteiger partial charge on any atom is 0.389 e. The van der Waals surface area contributed by atoms with E-state index in [2.05, 4.69) is 22.1 Å². The number of carbonyl (C=O) groups excluding carboxylic acids is 1. The summed E-state index contributed by atoms with van der Waals surface area (Å²) in [4.78, 5) is 16.2. The summed E-state index contributed by atoms with van der Waals surface area (Å²) >= 11 is 0. The Morgan fingerprint density at radius 1 is 1.35 bits per heavy atom. The molecule has 3 nitrogen and oxygen atoms in total. The van der Waals surface area contributed by atoms with Gasteiger partial charge < -0.3 is 5.32 Å². The van der Waals surface area contributed by atoms with Gasteiger partial charge in [0.1, 0.15) is 11.3 Å². The third kappa shape index (κ3) is 4.94. The van der Waals surface area contributed by atoms with Crippen molar-refractivity contribution >= 4 is 22.5 Å². The SMILES string of the molecule is O=C(Nc1cnc2c(F)cccc2c1)C(CC#CC1CC1)CC(F)(F)F. The normalized spacial score (nSPS) is 15.2.